The Hall–Kier alpha value is -0.460. The molecule has 0 aromatic heterocycles. The average Bonchev–Trinajstić information content (AvgIpc) is 3.20. The van der Waals surface area contributed by atoms with Crippen molar-refractivity contribution in [3.63, 3.8) is 0 Å². The Balaban J connectivity index is 0.000000887. The Bertz CT molecular complexity index is 464. The summed E-state index contributed by atoms with van der Waals surface area (Å²) in [6, 6.07) is -0.101. The molecule has 1 saturated carbocycles. The lowest BCUT2D eigenvalue weighted by Crippen LogP contribution is -2.23. The summed E-state index contributed by atoms with van der Waals surface area (Å²) in [4.78, 5) is 21.1. The van der Waals surface area contributed by atoms with Gasteiger partial charge in [0.25, 0.3) is 6.47 Å². The van der Waals surface area contributed by atoms with E-state index in [1.807, 2.05) is 62.3 Å². The van der Waals surface area contributed by atoms with Crippen LogP contribution in [0.25, 0.3) is 0 Å². The highest BCUT2D eigenvalue weighted by atomic mass is 35.5. The molecule has 0 N–H and O–H groups in total. The van der Waals surface area contributed by atoms with Crippen molar-refractivity contribution in [3.05, 3.63) is 0 Å². The maximum Gasteiger partial charge on any atom is 0.333 e. The second-order valence-electron chi connectivity index (χ2n) is 9.43. The molecular formula is C19H36ClO7P. The predicted octanol–water partition coefficient (Wildman–Crippen LogP) is 5.19. The average molecular weight is 443 g/mol. The van der Waals surface area contributed by atoms with Crippen molar-refractivity contribution in [1.29, 1.82) is 0 Å². The smallest absolute Gasteiger partial charge is 0.333 e. The van der Waals surface area contributed by atoms with Gasteiger partial charge in [-0.2, -0.15) is 0 Å². The Morgan fingerprint density at radius 1 is 1.00 bits per heavy atom. The molecular weight excluding hydrogens is 407 g/mol. The van der Waals surface area contributed by atoms with Gasteiger partial charge in [-0.15, -0.1) is 0 Å². The highest BCUT2D eigenvalue weighted by molar-refractivity contribution is 7.41. The van der Waals surface area contributed by atoms with Gasteiger partial charge in [-0.3, -0.25) is 9.59 Å². The van der Waals surface area contributed by atoms with E-state index in [4.69, 9.17) is 29.9 Å². The highest BCUT2D eigenvalue weighted by Crippen LogP contribution is 2.50. The number of rotatable bonds is 8. The third-order valence-corrected chi connectivity index (χ3v) is 4.78. The summed E-state index contributed by atoms with van der Waals surface area (Å²) in [6.07, 6.45) is 0.768. The molecule has 1 aliphatic carbocycles. The molecule has 0 aromatic rings. The molecule has 7 nitrogen and oxygen atoms in total. The third kappa shape index (κ3) is 15.5. The summed E-state index contributed by atoms with van der Waals surface area (Å²) >= 11 is 5.38. The number of hydrogen-bond donors (Lipinski definition) is 0. The van der Waals surface area contributed by atoms with E-state index in [0.29, 0.717) is 13.1 Å². The van der Waals surface area contributed by atoms with Crippen molar-refractivity contribution in [2.45, 2.75) is 85.5 Å². The summed E-state index contributed by atoms with van der Waals surface area (Å²) in [5, 5.41) is 0. The molecule has 0 bridgehead atoms. The molecule has 0 saturated heterocycles. The molecule has 0 heterocycles. The first kappa shape index (κ1) is 27.5. The largest absolute Gasteiger partial charge is 0.462 e. The van der Waals surface area contributed by atoms with Crippen LogP contribution in [0.4, 0.5) is 0 Å². The molecule has 0 aromatic carbocycles. The standard InChI is InChI=1S/C14H26ClO5P.C5H10O2/c1-13(2,3)19-21(20-14(4,5)6)18-8-10-7-11(10)12(16)17-9-15;1-5(2,3)7-4-6/h10-11H,7-9H2,1-6H3;4H,1-3H3. The first-order valence-electron chi connectivity index (χ1n) is 9.23. The molecule has 0 amide bonds. The lowest BCUT2D eigenvalue weighted by Gasteiger charge is -2.30. The third-order valence-electron chi connectivity index (χ3n) is 2.91. The number of carbonyl (C=O) groups excluding carboxylic acids is 2. The van der Waals surface area contributed by atoms with Gasteiger partial charge in [-0.1, -0.05) is 11.6 Å². The van der Waals surface area contributed by atoms with E-state index in [1.165, 1.54) is 0 Å². The van der Waals surface area contributed by atoms with Gasteiger partial charge in [-0.25, -0.2) is 0 Å². The van der Waals surface area contributed by atoms with Crippen LogP contribution in [0.15, 0.2) is 0 Å². The zero-order valence-electron chi connectivity index (χ0n) is 18.5. The maximum atomic E-state index is 11.5. The maximum absolute atomic E-state index is 11.5. The Labute approximate surface area is 175 Å². The molecule has 0 aliphatic heterocycles. The van der Waals surface area contributed by atoms with Crippen LogP contribution < -0.4 is 0 Å². The van der Waals surface area contributed by atoms with Crippen LogP contribution in [0.1, 0.15) is 68.7 Å². The number of esters is 1. The van der Waals surface area contributed by atoms with Crippen LogP contribution in [0.2, 0.25) is 0 Å². The molecule has 2 unspecified atom stereocenters. The highest BCUT2D eigenvalue weighted by Gasteiger charge is 2.45. The van der Waals surface area contributed by atoms with Crippen LogP contribution in [-0.4, -0.2) is 41.9 Å². The molecule has 1 aliphatic rings. The van der Waals surface area contributed by atoms with Gasteiger partial charge < -0.3 is 23.0 Å². The van der Waals surface area contributed by atoms with Crippen molar-refractivity contribution in [3.8, 4) is 0 Å². The minimum absolute atomic E-state index is 0.101. The molecule has 1 fully saturated rings. The van der Waals surface area contributed by atoms with Gasteiger partial charge in [-0.05, 0) is 74.7 Å². The molecule has 0 radical (unpaired) electrons. The molecule has 2 atom stereocenters. The first-order chi connectivity index (χ1) is 12.6. The SMILES string of the molecule is CC(C)(C)OC=O.CC(C)(C)OP(OCC1CC1C(=O)OCCl)OC(C)(C)C. The van der Waals surface area contributed by atoms with Gasteiger partial charge in [0.05, 0.1) is 23.7 Å². The van der Waals surface area contributed by atoms with Crippen LogP contribution in [0.3, 0.4) is 0 Å². The lowest BCUT2D eigenvalue weighted by atomic mass is 10.2. The van der Waals surface area contributed by atoms with Crippen molar-refractivity contribution in [1.82, 2.24) is 0 Å². The van der Waals surface area contributed by atoms with Crippen LogP contribution in [0, 0.1) is 11.8 Å². The van der Waals surface area contributed by atoms with E-state index < -0.39 is 8.60 Å². The van der Waals surface area contributed by atoms with Crippen LogP contribution in [0.5, 0.6) is 0 Å². The van der Waals surface area contributed by atoms with E-state index >= 15 is 0 Å². The predicted molar refractivity (Wildman–Crippen MR) is 110 cm³/mol. The summed E-state index contributed by atoms with van der Waals surface area (Å²) < 4.78 is 26.7. The Morgan fingerprint density at radius 3 is 1.82 bits per heavy atom. The van der Waals surface area contributed by atoms with Crippen molar-refractivity contribution < 1.29 is 32.6 Å². The fourth-order valence-electron chi connectivity index (χ4n) is 1.70. The van der Waals surface area contributed by atoms with E-state index in [-0.39, 0.29) is 40.7 Å². The van der Waals surface area contributed by atoms with Gasteiger partial charge in [0.15, 0.2) is 6.07 Å². The van der Waals surface area contributed by atoms with Gasteiger partial charge in [0.1, 0.15) is 5.60 Å². The second kappa shape index (κ2) is 11.7. The lowest BCUT2D eigenvalue weighted by molar-refractivity contribution is -0.143. The topological polar surface area (TPSA) is 80.3 Å². The minimum Gasteiger partial charge on any atom is -0.462 e. The van der Waals surface area contributed by atoms with Crippen LogP contribution in [-0.2, 0) is 32.6 Å². The molecule has 9 heteroatoms. The van der Waals surface area contributed by atoms with Crippen molar-refractivity contribution >= 4 is 32.6 Å². The van der Waals surface area contributed by atoms with E-state index in [2.05, 4.69) is 4.74 Å². The fraction of sp³-hybridized carbons (Fsp3) is 0.895. The molecule has 1 rings (SSSR count). The molecule has 166 valence electrons. The summed E-state index contributed by atoms with van der Waals surface area (Å²) in [5.74, 6) is -0.195. The van der Waals surface area contributed by atoms with Gasteiger partial charge >= 0.3 is 14.6 Å². The first-order valence-corrected chi connectivity index (χ1v) is 10.9. The Kier molecular flexibility index (Phi) is 11.5. The number of alkyl halides is 1. The second-order valence-corrected chi connectivity index (χ2v) is 10.7. The Morgan fingerprint density at radius 2 is 1.50 bits per heavy atom. The number of hydrogen-bond acceptors (Lipinski definition) is 7. The number of halogens is 1. The molecule has 0 spiro atoms. The van der Waals surface area contributed by atoms with E-state index in [9.17, 15) is 9.59 Å². The summed E-state index contributed by atoms with van der Waals surface area (Å²) in [7, 11) is -1.45. The number of ether oxygens (including phenoxy) is 2. The summed E-state index contributed by atoms with van der Waals surface area (Å²) in [6.45, 7) is 18.1. The van der Waals surface area contributed by atoms with Crippen LogP contribution >= 0.6 is 20.2 Å². The zero-order chi connectivity index (χ0) is 22.2. The van der Waals surface area contributed by atoms with Gasteiger partial charge in [0.2, 0.25) is 0 Å². The van der Waals surface area contributed by atoms with E-state index in [0.717, 1.165) is 6.42 Å². The van der Waals surface area contributed by atoms with E-state index in [1.54, 1.807) is 0 Å². The zero-order valence-corrected chi connectivity index (χ0v) is 20.2. The monoisotopic (exact) mass is 442 g/mol. The normalized spacial score (nSPS) is 19.5. The quantitative estimate of drug-likeness (QED) is 0.221. The molecule has 28 heavy (non-hydrogen) atoms. The van der Waals surface area contributed by atoms with Crippen molar-refractivity contribution in [2.24, 2.45) is 11.8 Å². The number of carbonyl (C=O) groups is 2. The fourth-order valence-corrected chi connectivity index (χ4v) is 3.16. The minimum atomic E-state index is -1.45. The van der Waals surface area contributed by atoms with Gasteiger partial charge in [0, 0.05) is 0 Å². The summed E-state index contributed by atoms with van der Waals surface area (Å²) in [5.41, 5.74) is -1.02. The van der Waals surface area contributed by atoms with Crippen molar-refractivity contribution in [2.75, 3.05) is 12.7 Å².